The number of benzene rings is 1. The lowest BCUT2D eigenvalue weighted by atomic mass is 10.2. The Morgan fingerprint density at radius 2 is 2.00 bits per heavy atom. The number of rotatable bonds is 5. The van der Waals surface area contributed by atoms with Gasteiger partial charge in [0.25, 0.3) is 0 Å². The van der Waals surface area contributed by atoms with Gasteiger partial charge >= 0.3 is 0 Å². The quantitative estimate of drug-likeness (QED) is 0.699. The zero-order chi connectivity index (χ0) is 12.0. The predicted molar refractivity (Wildman–Crippen MR) is 64.1 cm³/mol. The number of carbonyl (C=O) groups excluding carboxylic acids is 1. The zero-order valence-corrected chi connectivity index (χ0v) is 9.66. The molecular weight excluding hydrogens is 204 g/mol. The highest BCUT2D eigenvalue weighted by Crippen LogP contribution is 2.09. The summed E-state index contributed by atoms with van der Waals surface area (Å²) in [5.41, 5.74) is 1.92. The third-order valence-electron chi connectivity index (χ3n) is 2.20. The topological polar surface area (TPSA) is 61.4 Å². The Hall–Kier alpha value is -1.39. The van der Waals surface area contributed by atoms with Gasteiger partial charge in [-0.25, -0.2) is 0 Å². The van der Waals surface area contributed by atoms with E-state index in [0.29, 0.717) is 6.54 Å². The molecule has 0 bridgehead atoms. The van der Waals surface area contributed by atoms with Gasteiger partial charge < -0.3 is 15.7 Å². The van der Waals surface area contributed by atoms with Crippen LogP contribution in [0, 0.1) is 0 Å². The second kappa shape index (κ2) is 6.25. The number of aliphatic hydroxyl groups excluding tert-OH is 1. The molecule has 0 spiro atoms. The maximum absolute atomic E-state index is 10.8. The third-order valence-corrected chi connectivity index (χ3v) is 2.20. The SMILES string of the molecule is CC(=O)Nc1ccc(CNC(C)CO)cc1. The summed E-state index contributed by atoms with van der Waals surface area (Å²) in [7, 11) is 0. The van der Waals surface area contributed by atoms with Gasteiger partial charge in [0.05, 0.1) is 6.61 Å². The molecule has 0 aromatic heterocycles. The zero-order valence-electron chi connectivity index (χ0n) is 9.66. The molecule has 1 rings (SSSR count). The number of hydrogen-bond donors (Lipinski definition) is 3. The van der Waals surface area contributed by atoms with Crippen LogP contribution in [0.3, 0.4) is 0 Å². The minimum Gasteiger partial charge on any atom is -0.395 e. The van der Waals surface area contributed by atoms with Crippen molar-refractivity contribution in [2.75, 3.05) is 11.9 Å². The van der Waals surface area contributed by atoms with Gasteiger partial charge in [-0.2, -0.15) is 0 Å². The molecule has 0 aliphatic carbocycles. The van der Waals surface area contributed by atoms with Crippen LogP contribution in [-0.4, -0.2) is 23.7 Å². The molecule has 0 radical (unpaired) electrons. The van der Waals surface area contributed by atoms with Crippen molar-refractivity contribution >= 4 is 11.6 Å². The maximum atomic E-state index is 10.8. The van der Waals surface area contributed by atoms with E-state index in [1.807, 2.05) is 31.2 Å². The van der Waals surface area contributed by atoms with Crippen LogP contribution in [0.5, 0.6) is 0 Å². The highest BCUT2D eigenvalue weighted by atomic mass is 16.3. The first-order valence-corrected chi connectivity index (χ1v) is 5.32. The second-order valence-corrected chi connectivity index (χ2v) is 3.84. The summed E-state index contributed by atoms with van der Waals surface area (Å²) in [5, 5.41) is 14.7. The van der Waals surface area contributed by atoms with Gasteiger partial charge in [-0.3, -0.25) is 4.79 Å². The van der Waals surface area contributed by atoms with E-state index in [0.717, 1.165) is 11.3 Å². The summed E-state index contributed by atoms with van der Waals surface area (Å²) in [6.45, 7) is 4.25. The number of hydrogen-bond acceptors (Lipinski definition) is 3. The van der Waals surface area contributed by atoms with Crippen LogP contribution in [0.15, 0.2) is 24.3 Å². The number of nitrogens with one attached hydrogen (secondary N) is 2. The van der Waals surface area contributed by atoms with Crippen molar-refractivity contribution in [3.63, 3.8) is 0 Å². The Morgan fingerprint density at radius 1 is 1.38 bits per heavy atom. The molecular formula is C12H18N2O2. The molecule has 3 N–H and O–H groups in total. The first kappa shape index (κ1) is 12.7. The van der Waals surface area contributed by atoms with Crippen LogP contribution in [0.1, 0.15) is 19.4 Å². The van der Waals surface area contributed by atoms with Gasteiger partial charge in [0, 0.05) is 25.2 Å². The van der Waals surface area contributed by atoms with Gasteiger partial charge in [-0.05, 0) is 24.6 Å². The average Bonchev–Trinajstić information content (AvgIpc) is 2.27. The molecule has 0 fully saturated rings. The molecule has 88 valence electrons. The van der Waals surface area contributed by atoms with Crippen LogP contribution in [0.25, 0.3) is 0 Å². The highest BCUT2D eigenvalue weighted by molar-refractivity contribution is 5.88. The van der Waals surface area contributed by atoms with E-state index in [-0.39, 0.29) is 18.6 Å². The molecule has 1 aromatic rings. The Balaban J connectivity index is 2.48. The molecule has 4 nitrogen and oxygen atoms in total. The molecule has 1 amide bonds. The van der Waals surface area contributed by atoms with Crippen LogP contribution >= 0.6 is 0 Å². The Labute approximate surface area is 95.7 Å². The van der Waals surface area contributed by atoms with E-state index < -0.39 is 0 Å². The van der Waals surface area contributed by atoms with Crippen LogP contribution in [-0.2, 0) is 11.3 Å². The average molecular weight is 222 g/mol. The number of carbonyl (C=O) groups is 1. The van der Waals surface area contributed by atoms with Crippen LogP contribution in [0.4, 0.5) is 5.69 Å². The smallest absolute Gasteiger partial charge is 0.221 e. The monoisotopic (exact) mass is 222 g/mol. The number of anilines is 1. The fourth-order valence-electron chi connectivity index (χ4n) is 1.27. The van der Waals surface area contributed by atoms with Gasteiger partial charge in [-0.1, -0.05) is 12.1 Å². The Morgan fingerprint density at radius 3 is 2.50 bits per heavy atom. The Bertz CT molecular complexity index is 335. The molecule has 0 aliphatic rings. The first-order chi connectivity index (χ1) is 7.61. The Kier molecular flexibility index (Phi) is 4.95. The normalized spacial score (nSPS) is 12.2. The fourth-order valence-corrected chi connectivity index (χ4v) is 1.27. The van der Waals surface area contributed by atoms with E-state index in [4.69, 9.17) is 5.11 Å². The minimum atomic E-state index is -0.0697. The fraction of sp³-hybridized carbons (Fsp3) is 0.417. The van der Waals surface area contributed by atoms with Crippen molar-refractivity contribution in [1.29, 1.82) is 0 Å². The molecule has 0 aliphatic heterocycles. The van der Waals surface area contributed by atoms with Gasteiger partial charge in [-0.15, -0.1) is 0 Å². The molecule has 4 heteroatoms. The van der Waals surface area contributed by atoms with Crippen molar-refractivity contribution in [3.8, 4) is 0 Å². The van der Waals surface area contributed by atoms with Crippen molar-refractivity contribution in [3.05, 3.63) is 29.8 Å². The summed E-state index contributed by atoms with van der Waals surface area (Å²) in [6.07, 6.45) is 0. The molecule has 16 heavy (non-hydrogen) atoms. The van der Waals surface area contributed by atoms with E-state index in [2.05, 4.69) is 10.6 Å². The van der Waals surface area contributed by atoms with Crippen molar-refractivity contribution in [2.24, 2.45) is 0 Å². The van der Waals surface area contributed by atoms with E-state index >= 15 is 0 Å². The van der Waals surface area contributed by atoms with Crippen LogP contribution in [0.2, 0.25) is 0 Å². The van der Waals surface area contributed by atoms with Gasteiger partial charge in [0.15, 0.2) is 0 Å². The van der Waals surface area contributed by atoms with Crippen molar-refractivity contribution in [2.45, 2.75) is 26.4 Å². The minimum absolute atomic E-state index is 0.0697. The van der Waals surface area contributed by atoms with Gasteiger partial charge in [0.2, 0.25) is 5.91 Å². The predicted octanol–water partition coefficient (Wildman–Crippen LogP) is 1.12. The summed E-state index contributed by atoms with van der Waals surface area (Å²) in [6, 6.07) is 7.71. The molecule has 0 saturated heterocycles. The molecule has 0 saturated carbocycles. The standard InChI is InChI=1S/C12H18N2O2/c1-9(8-15)13-7-11-3-5-12(6-4-11)14-10(2)16/h3-6,9,13,15H,7-8H2,1-2H3,(H,14,16). The van der Waals surface area contributed by atoms with E-state index in [1.54, 1.807) is 0 Å². The molecule has 0 heterocycles. The van der Waals surface area contributed by atoms with E-state index in [9.17, 15) is 4.79 Å². The summed E-state index contributed by atoms with van der Waals surface area (Å²) >= 11 is 0. The number of aliphatic hydroxyl groups is 1. The number of amides is 1. The van der Waals surface area contributed by atoms with Crippen LogP contribution < -0.4 is 10.6 Å². The van der Waals surface area contributed by atoms with E-state index in [1.165, 1.54) is 6.92 Å². The largest absolute Gasteiger partial charge is 0.395 e. The summed E-state index contributed by atoms with van der Waals surface area (Å²) < 4.78 is 0. The first-order valence-electron chi connectivity index (χ1n) is 5.32. The summed E-state index contributed by atoms with van der Waals surface area (Å²) in [5.74, 6) is -0.0697. The maximum Gasteiger partial charge on any atom is 0.221 e. The van der Waals surface area contributed by atoms with Gasteiger partial charge in [0.1, 0.15) is 0 Å². The molecule has 1 atom stereocenters. The lowest BCUT2D eigenvalue weighted by molar-refractivity contribution is -0.114. The van der Waals surface area contributed by atoms with Crippen molar-refractivity contribution in [1.82, 2.24) is 5.32 Å². The lowest BCUT2D eigenvalue weighted by Gasteiger charge is -2.10. The molecule has 1 aromatic carbocycles. The molecule has 1 unspecified atom stereocenters. The lowest BCUT2D eigenvalue weighted by Crippen LogP contribution is -2.28. The van der Waals surface area contributed by atoms with Crippen molar-refractivity contribution < 1.29 is 9.90 Å². The highest BCUT2D eigenvalue weighted by Gasteiger charge is 1.99. The summed E-state index contributed by atoms with van der Waals surface area (Å²) in [4.78, 5) is 10.8. The third kappa shape index (κ3) is 4.42. The second-order valence-electron chi connectivity index (χ2n) is 3.84.